The summed E-state index contributed by atoms with van der Waals surface area (Å²) in [5.74, 6) is 0.409. The molecule has 0 unspecified atom stereocenters. The van der Waals surface area contributed by atoms with E-state index in [2.05, 4.69) is 10.0 Å². The molecule has 0 fully saturated rings. The largest absolute Gasteiger partial charge is 0.494 e. The minimum Gasteiger partial charge on any atom is -0.494 e. The molecule has 0 atom stereocenters. The van der Waals surface area contributed by atoms with Crippen molar-refractivity contribution in [3.8, 4) is 17.2 Å². The van der Waals surface area contributed by atoms with Crippen molar-refractivity contribution in [1.82, 2.24) is 5.32 Å². The smallest absolute Gasteiger partial charge is 0.412 e. The molecule has 25 heavy (non-hydrogen) atoms. The van der Waals surface area contributed by atoms with Gasteiger partial charge in [0.15, 0.2) is 11.5 Å². The van der Waals surface area contributed by atoms with E-state index in [1.807, 2.05) is 0 Å². The predicted octanol–water partition coefficient (Wildman–Crippen LogP) is 2.22. The first kappa shape index (κ1) is 18.4. The summed E-state index contributed by atoms with van der Waals surface area (Å²) >= 11 is 0. The summed E-state index contributed by atoms with van der Waals surface area (Å²) in [7, 11) is 0.286. The van der Waals surface area contributed by atoms with Crippen molar-refractivity contribution < 1.29 is 27.4 Å². The van der Waals surface area contributed by atoms with E-state index in [9.17, 15) is 13.2 Å². The fourth-order valence-electron chi connectivity index (χ4n) is 2.00. The summed E-state index contributed by atoms with van der Waals surface area (Å²) < 4.78 is 42.9. The molecule has 2 N–H and O–H groups in total. The molecule has 0 saturated heterocycles. The number of nitrogens with one attached hydrogen (secondary N) is 2. The molecule has 9 heteroatoms. The van der Waals surface area contributed by atoms with Gasteiger partial charge in [-0.3, -0.25) is 4.72 Å². The first-order valence-electron chi connectivity index (χ1n) is 7.14. The topological polar surface area (TPSA) is 103 Å². The van der Waals surface area contributed by atoms with Gasteiger partial charge in [-0.25, -0.2) is 13.2 Å². The van der Waals surface area contributed by atoms with Gasteiger partial charge in [-0.05, 0) is 12.1 Å². The lowest BCUT2D eigenvalue weighted by Gasteiger charge is -2.16. The van der Waals surface area contributed by atoms with Crippen LogP contribution < -0.4 is 24.2 Å². The molecule has 1 amide bonds. The molecule has 0 bridgehead atoms. The minimum atomic E-state index is -3.85. The van der Waals surface area contributed by atoms with E-state index in [0.717, 1.165) is 0 Å². The van der Waals surface area contributed by atoms with Crippen molar-refractivity contribution >= 4 is 21.8 Å². The molecule has 0 heterocycles. The van der Waals surface area contributed by atoms with Crippen LogP contribution >= 0.6 is 0 Å². The van der Waals surface area contributed by atoms with Crippen LogP contribution in [-0.2, 0) is 10.0 Å². The van der Waals surface area contributed by atoms with Crippen molar-refractivity contribution in [3.05, 3.63) is 42.5 Å². The van der Waals surface area contributed by atoms with E-state index in [-0.39, 0.29) is 27.8 Å². The number of sulfonamides is 1. The maximum Gasteiger partial charge on any atom is 0.412 e. The highest BCUT2D eigenvalue weighted by Gasteiger charge is 2.21. The molecular weight excluding hydrogens is 348 g/mol. The summed E-state index contributed by atoms with van der Waals surface area (Å²) in [4.78, 5) is 11.4. The normalized spacial score (nSPS) is 10.7. The Kier molecular flexibility index (Phi) is 5.71. The van der Waals surface area contributed by atoms with E-state index in [4.69, 9.17) is 14.2 Å². The van der Waals surface area contributed by atoms with E-state index >= 15 is 0 Å². The Hall–Kier alpha value is -2.94. The van der Waals surface area contributed by atoms with Gasteiger partial charge in [-0.15, -0.1) is 0 Å². The quantitative estimate of drug-likeness (QED) is 0.813. The second-order valence-electron chi connectivity index (χ2n) is 4.76. The van der Waals surface area contributed by atoms with Gasteiger partial charge in [-0.1, -0.05) is 18.2 Å². The standard InChI is InChI=1S/C16H18N2O6S/c1-17-16(19)24-11-9-13(22-2)15(14(10-11)23-3)18-25(20,21)12-7-5-4-6-8-12/h4-10,18H,1-3H3,(H,17,19). The molecular formula is C16H18N2O6S. The van der Waals surface area contributed by atoms with E-state index in [1.54, 1.807) is 18.2 Å². The lowest BCUT2D eigenvalue weighted by atomic mass is 10.2. The molecule has 0 aliphatic carbocycles. The molecule has 0 aliphatic heterocycles. The highest BCUT2D eigenvalue weighted by Crippen LogP contribution is 2.40. The van der Waals surface area contributed by atoms with Gasteiger partial charge in [0.1, 0.15) is 11.4 Å². The van der Waals surface area contributed by atoms with E-state index in [1.165, 1.54) is 45.5 Å². The van der Waals surface area contributed by atoms with E-state index < -0.39 is 16.1 Å². The zero-order valence-corrected chi connectivity index (χ0v) is 14.7. The monoisotopic (exact) mass is 366 g/mol. The van der Waals surface area contributed by atoms with Gasteiger partial charge < -0.3 is 19.5 Å². The Morgan fingerprint density at radius 3 is 2.04 bits per heavy atom. The fourth-order valence-corrected chi connectivity index (χ4v) is 3.10. The van der Waals surface area contributed by atoms with Crippen LogP contribution in [0.2, 0.25) is 0 Å². The SMILES string of the molecule is CNC(=O)Oc1cc(OC)c(NS(=O)(=O)c2ccccc2)c(OC)c1. The third-order valence-electron chi connectivity index (χ3n) is 3.18. The Morgan fingerprint density at radius 1 is 1.00 bits per heavy atom. The summed E-state index contributed by atoms with van der Waals surface area (Å²) in [6.07, 6.45) is -0.679. The lowest BCUT2D eigenvalue weighted by molar-refractivity contribution is 0.202. The molecule has 2 rings (SSSR count). The van der Waals surface area contributed by atoms with Gasteiger partial charge >= 0.3 is 6.09 Å². The Bertz CT molecular complexity index is 827. The van der Waals surface area contributed by atoms with Crippen molar-refractivity contribution in [2.24, 2.45) is 0 Å². The number of carbonyl (C=O) groups is 1. The van der Waals surface area contributed by atoms with Crippen LogP contribution in [-0.4, -0.2) is 35.8 Å². The Morgan fingerprint density at radius 2 is 1.56 bits per heavy atom. The van der Waals surface area contributed by atoms with Crippen LogP contribution in [0.25, 0.3) is 0 Å². The summed E-state index contributed by atoms with van der Waals surface area (Å²) in [6.45, 7) is 0. The molecule has 2 aromatic rings. The number of benzene rings is 2. The van der Waals surface area contributed by atoms with Crippen molar-refractivity contribution in [2.45, 2.75) is 4.90 Å². The zero-order valence-electron chi connectivity index (χ0n) is 13.9. The molecule has 0 aliphatic rings. The number of amides is 1. The van der Waals surface area contributed by atoms with Crippen LogP contribution in [0.4, 0.5) is 10.5 Å². The maximum atomic E-state index is 12.5. The first-order valence-corrected chi connectivity index (χ1v) is 8.63. The second kappa shape index (κ2) is 7.75. The number of hydrogen-bond acceptors (Lipinski definition) is 6. The Balaban J connectivity index is 2.45. The average molecular weight is 366 g/mol. The van der Waals surface area contributed by atoms with Gasteiger partial charge in [0.25, 0.3) is 10.0 Å². The summed E-state index contributed by atoms with van der Waals surface area (Å²) in [5, 5.41) is 2.31. The summed E-state index contributed by atoms with van der Waals surface area (Å²) in [6, 6.07) is 10.6. The molecule has 0 aromatic heterocycles. The minimum absolute atomic E-state index is 0.0878. The van der Waals surface area contributed by atoms with Crippen molar-refractivity contribution in [1.29, 1.82) is 0 Å². The van der Waals surface area contributed by atoms with Gasteiger partial charge in [-0.2, -0.15) is 0 Å². The maximum absolute atomic E-state index is 12.5. The van der Waals surface area contributed by atoms with Crippen molar-refractivity contribution in [2.75, 3.05) is 26.0 Å². The van der Waals surface area contributed by atoms with Crippen molar-refractivity contribution in [3.63, 3.8) is 0 Å². The first-order chi connectivity index (χ1) is 11.9. The van der Waals surface area contributed by atoms with Crippen LogP contribution in [0.3, 0.4) is 0 Å². The molecule has 0 spiro atoms. The highest BCUT2D eigenvalue weighted by molar-refractivity contribution is 7.92. The zero-order chi connectivity index (χ0) is 18.4. The van der Waals surface area contributed by atoms with Crippen LogP contribution in [0.15, 0.2) is 47.4 Å². The van der Waals surface area contributed by atoms with Gasteiger partial charge in [0.05, 0.1) is 19.1 Å². The number of anilines is 1. The van der Waals surface area contributed by atoms with Crippen LogP contribution in [0, 0.1) is 0 Å². The van der Waals surface area contributed by atoms with Gasteiger partial charge in [0, 0.05) is 19.2 Å². The fraction of sp³-hybridized carbons (Fsp3) is 0.188. The number of hydrogen-bond donors (Lipinski definition) is 2. The number of ether oxygens (including phenoxy) is 3. The third-order valence-corrected chi connectivity index (χ3v) is 4.55. The van der Waals surface area contributed by atoms with E-state index in [0.29, 0.717) is 0 Å². The Labute approximate surface area is 145 Å². The summed E-state index contributed by atoms with van der Waals surface area (Å²) in [5.41, 5.74) is 0.0955. The molecule has 8 nitrogen and oxygen atoms in total. The molecule has 134 valence electrons. The third kappa shape index (κ3) is 4.32. The number of rotatable bonds is 6. The predicted molar refractivity (Wildman–Crippen MR) is 91.9 cm³/mol. The number of carbonyl (C=O) groups excluding carboxylic acids is 1. The molecule has 0 radical (unpaired) electrons. The highest BCUT2D eigenvalue weighted by atomic mass is 32.2. The average Bonchev–Trinajstić information content (AvgIpc) is 2.62. The second-order valence-corrected chi connectivity index (χ2v) is 6.44. The molecule has 2 aromatic carbocycles. The lowest BCUT2D eigenvalue weighted by Crippen LogP contribution is -2.22. The van der Waals surface area contributed by atoms with Crippen LogP contribution in [0.5, 0.6) is 17.2 Å². The van der Waals surface area contributed by atoms with Gasteiger partial charge in [0.2, 0.25) is 0 Å². The molecule has 0 saturated carbocycles. The van der Waals surface area contributed by atoms with Crippen LogP contribution in [0.1, 0.15) is 0 Å². The number of methoxy groups -OCH3 is 2.